The van der Waals surface area contributed by atoms with Crippen molar-refractivity contribution in [3.63, 3.8) is 0 Å². The van der Waals surface area contributed by atoms with Crippen LogP contribution in [0.1, 0.15) is 53.9 Å². The second kappa shape index (κ2) is 19.8. The molecule has 0 aromatic rings. The van der Waals surface area contributed by atoms with Crippen molar-refractivity contribution in [2.75, 3.05) is 13.2 Å². The van der Waals surface area contributed by atoms with Gasteiger partial charge in [0.25, 0.3) is 0 Å². The average molecular weight is 763 g/mol. The molecule has 0 spiro atoms. The lowest BCUT2D eigenvalue weighted by molar-refractivity contribution is -0.297. The van der Waals surface area contributed by atoms with E-state index in [2.05, 4.69) is 10.6 Å². The van der Waals surface area contributed by atoms with Gasteiger partial charge < -0.3 is 74.4 Å². The second-order valence-electron chi connectivity index (χ2n) is 12.1. The Morgan fingerprint density at radius 2 is 1.33 bits per heavy atom. The van der Waals surface area contributed by atoms with E-state index in [0.29, 0.717) is 0 Å². The molecule has 9 N–H and O–H groups in total. The molecule has 23 heteroatoms. The molecule has 0 saturated carbocycles. The van der Waals surface area contributed by atoms with Crippen molar-refractivity contribution < 1.29 is 96.8 Å². The Morgan fingerprint density at radius 1 is 0.784 bits per heavy atom. The normalized spacial score (nSPS) is 31.4. The first-order valence-electron chi connectivity index (χ1n) is 15.7. The van der Waals surface area contributed by atoms with Gasteiger partial charge in [-0.05, 0) is 20.8 Å². The number of aliphatic hydroxyl groups is 5. The van der Waals surface area contributed by atoms with Crippen molar-refractivity contribution in [3.8, 4) is 0 Å². The molecule has 2 saturated heterocycles. The zero-order valence-corrected chi connectivity index (χ0v) is 29.3. The monoisotopic (exact) mass is 762 g/mol. The molecule has 13 atom stereocenters. The highest BCUT2D eigenvalue weighted by Gasteiger charge is 2.53. The summed E-state index contributed by atoms with van der Waals surface area (Å²) in [4.78, 5) is 80.2. The van der Waals surface area contributed by atoms with Gasteiger partial charge in [-0.25, -0.2) is 4.57 Å². The summed E-state index contributed by atoms with van der Waals surface area (Å²) in [6.07, 6.45) is -19.2. The van der Waals surface area contributed by atoms with Crippen LogP contribution in [0.25, 0.3) is 0 Å². The van der Waals surface area contributed by atoms with E-state index < -0.39 is 150 Å². The lowest BCUT2D eigenvalue weighted by Crippen LogP contribution is -2.67. The van der Waals surface area contributed by atoms with E-state index in [0.717, 1.165) is 13.8 Å². The number of esters is 3. The van der Waals surface area contributed by atoms with Crippen LogP contribution in [-0.4, -0.2) is 158 Å². The number of carbonyl (C=O) groups excluding carboxylic acids is 5. The van der Waals surface area contributed by atoms with Crippen LogP contribution in [0.4, 0.5) is 0 Å². The number of carbonyl (C=O) groups is 5. The SMILES string of the molecule is CC(=O)O[C@H](C)CC(=O)N[C@H]1C(OC(=O)C[C@@H](C)OC(C)=O)[C@H](OP(=O)(O)O)C(CO)O[C@H]1OCC1O[C@H](O)[C@@H](NC(=O)C[C@@H](C)O)C(O)[C@@H]1O. The minimum absolute atomic E-state index is 0.391. The van der Waals surface area contributed by atoms with Gasteiger partial charge in [0.1, 0.15) is 54.8 Å². The Kier molecular flexibility index (Phi) is 17.2. The fourth-order valence-electron chi connectivity index (χ4n) is 5.31. The molecule has 0 aliphatic carbocycles. The molecule has 22 nitrogen and oxygen atoms in total. The van der Waals surface area contributed by atoms with Gasteiger partial charge in [-0.1, -0.05) is 0 Å². The quantitative estimate of drug-likeness (QED) is 0.0387. The highest BCUT2D eigenvalue weighted by atomic mass is 31.2. The van der Waals surface area contributed by atoms with Gasteiger partial charge in [-0.2, -0.15) is 0 Å². The summed E-state index contributed by atoms with van der Waals surface area (Å²) in [5.41, 5.74) is 0. The maximum absolute atomic E-state index is 13.1. The first-order valence-corrected chi connectivity index (χ1v) is 17.3. The predicted octanol–water partition coefficient (Wildman–Crippen LogP) is -4.03. The fourth-order valence-corrected chi connectivity index (χ4v) is 5.88. The van der Waals surface area contributed by atoms with Gasteiger partial charge in [0.15, 0.2) is 18.7 Å². The Labute approximate surface area is 291 Å². The van der Waals surface area contributed by atoms with Gasteiger partial charge in [0, 0.05) is 13.8 Å². The standard InChI is InChI=1S/C28H47N2O20P/c1-11(32)6-18(35)29-21-24(39)23(38)17(47-27(21)40)10-44-28-22(30-19(36)7-12(2)45-14(4)33)26(49-20(37)8-13(3)46-15(5)34)25(16(9-31)48-28)50-51(41,42)43/h11-13,16-17,21-28,31-32,38-40H,6-10H2,1-5H3,(H,29,35)(H,30,36)(H2,41,42,43)/t11-,12-,13-,16?,17?,21+,22+,23-,24?,25-,26?,27+,28-/m1/s1. The Bertz CT molecular complexity index is 1250. The second-order valence-corrected chi connectivity index (χ2v) is 13.3. The molecular weight excluding hydrogens is 715 g/mol. The van der Waals surface area contributed by atoms with Crippen LogP contribution < -0.4 is 10.6 Å². The number of amides is 2. The van der Waals surface area contributed by atoms with Gasteiger partial charge in [0.05, 0.1) is 38.6 Å². The van der Waals surface area contributed by atoms with E-state index in [1.807, 2.05) is 0 Å². The maximum Gasteiger partial charge on any atom is 0.470 e. The lowest BCUT2D eigenvalue weighted by Gasteiger charge is -2.46. The van der Waals surface area contributed by atoms with Crippen molar-refractivity contribution in [3.05, 3.63) is 0 Å². The van der Waals surface area contributed by atoms with Gasteiger partial charge >= 0.3 is 25.7 Å². The molecule has 0 radical (unpaired) electrons. The van der Waals surface area contributed by atoms with Crippen LogP contribution in [-0.2, 0) is 61.5 Å². The molecule has 2 aliphatic heterocycles. The first kappa shape index (κ1) is 44.3. The molecule has 0 aromatic carbocycles. The molecule has 4 unspecified atom stereocenters. The van der Waals surface area contributed by atoms with Crippen LogP contribution in [0.2, 0.25) is 0 Å². The third kappa shape index (κ3) is 14.6. The minimum Gasteiger partial charge on any atom is -0.462 e. The smallest absolute Gasteiger partial charge is 0.462 e. The van der Waals surface area contributed by atoms with E-state index in [1.54, 1.807) is 0 Å². The number of nitrogens with one attached hydrogen (secondary N) is 2. The van der Waals surface area contributed by atoms with E-state index >= 15 is 0 Å². The Morgan fingerprint density at radius 3 is 1.86 bits per heavy atom. The molecule has 2 aliphatic rings. The summed E-state index contributed by atoms with van der Waals surface area (Å²) < 4.78 is 48.9. The topological polar surface area (TPSA) is 333 Å². The Hall–Kier alpha value is -2.86. The molecule has 2 heterocycles. The van der Waals surface area contributed by atoms with Crippen LogP contribution in [0.3, 0.4) is 0 Å². The number of hydrogen-bond acceptors (Lipinski definition) is 18. The number of aliphatic hydroxyl groups excluding tert-OH is 5. The first-order chi connectivity index (χ1) is 23.6. The number of hydrogen-bond donors (Lipinski definition) is 9. The number of phosphoric ester groups is 1. The van der Waals surface area contributed by atoms with Crippen molar-refractivity contribution >= 4 is 37.5 Å². The minimum atomic E-state index is -5.43. The largest absolute Gasteiger partial charge is 0.470 e. The van der Waals surface area contributed by atoms with Crippen molar-refractivity contribution in [2.45, 2.75) is 133 Å². The summed E-state index contributed by atoms with van der Waals surface area (Å²) in [5, 5.41) is 56.1. The third-order valence-corrected chi connectivity index (χ3v) is 7.81. The summed E-state index contributed by atoms with van der Waals surface area (Å²) in [7, 11) is -5.43. The van der Waals surface area contributed by atoms with E-state index in [-0.39, 0.29) is 0 Å². The van der Waals surface area contributed by atoms with Gasteiger partial charge in [-0.15, -0.1) is 0 Å². The molecular formula is C28H47N2O20P. The molecule has 2 fully saturated rings. The Balaban J connectivity index is 2.42. The summed E-state index contributed by atoms with van der Waals surface area (Å²) >= 11 is 0. The zero-order valence-electron chi connectivity index (χ0n) is 28.4. The van der Waals surface area contributed by atoms with E-state index in [9.17, 15) is 63.9 Å². The van der Waals surface area contributed by atoms with Crippen LogP contribution in [0, 0.1) is 0 Å². The zero-order chi connectivity index (χ0) is 38.8. The van der Waals surface area contributed by atoms with Gasteiger partial charge in [-0.3, -0.25) is 28.5 Å². The summed E-state index contributed by atoms with van der Waals surface area (Å²) in [6, 6.07) is -3.28. The van der Waals surface area contributed by atoms with Crippen molar-refractivity contribution in [1.29, 1.82) is 0 Å². The molecule has 0 bridgehead atoms. The van der Waals surface area contributed by atoms with Crippen molar-refractivity contribution in [2.24, 2.45) is 0 Å². The molecule has 0 aromatic heterocycles. The van der Waals surface area contributed by atoms with Gasteiger partial charge in [0.2, 0.25) is 11.8 Å². The maximum atomic E-state index is 13.1. The number of rotatable bonds is 17. The van der Waals surface area contributed by atoms with E-state index in [1.165, 1.54) is 20.8 Å². The highest BCUT2D eigenvalue weighted by Crippen LogP contribution is 2.42. The summed E-state index contributed by atoms with van der Waals surface area (Å²) in [6.45, 7) is 4.43. The average Bonchev–Trinajstić information content (AvgIpc) is 2.96. The number of ether oxygens (including phenoxy) is 6. The van der Waals surface area contributed by atoms with Crippen LogP contribution >= 0.6 is 7.82 Å². The summed E-state index contributed by atoms with van der Waals surface area (Å²) in [5.74, 6) is -4.25. The van der Waals surface area contributed by atoms with Crippen LogP contribution in [0.15, 0.2) is 0 Å². The fraction of sp³-hybridized carbons (Fsp3) is 0.821. The molecule has 2 amide bonds. The molecule has 51 heavy (non-hydrogen) atoms. The number of phosphoric acid groups is 1. The van der Waals surface area contributed by atoms with Crippen molar-refractivity contribution in [1.82, 2.24) is 10.6 Å². The highest BCUT2D eigenvalue weighted by molar-refractivity contribution is 7.46. The van der Waals surface area contributed by atoms with Crippen LogP contribution in [0.5, 0.6) is 0 Å². The lowest BCUT2D eigenvalue weighted by atomic mass is 9.95. The predicted molar refractivity (Wildman–Crippen MR) is 163 cm³/mol. The third-order valence-electron chi connectivity index (χ3n) is 7.30. The van der Waals surface area contributed by atoms with E-state index in [4.69, 9.17) is 32.9 Å². The molecule has 294 valence electrons. The molecule has 2 rings (SSSR count).